The number of hydrogen-bond acceptors (Lipinski definition) is 4. The quantitative estimate of drug-likeness (QED) is 0.863. The van der Waals surface area contributed by atoms with Gasteiger partial charge in [0.1, 0.15) is 5.82 Å². The van der Waals surface area contributed by atoms with E-state index in [0.29, 0.717) is 24.2 Å². The molecule has 0 spiro atoms. The highest BCUT2D eigenvalue weighted by molar-refractivity contribution is 7.99. The third-order valence-electron chi connectivity index (χ3n) is 4.51. The molecule has 2 N–H and O–H groups in total. The number of benzene rings is 1. The maximum atomic E-state index is 14.5. The highest BCUT2D eigenvalue weighted by Crippen LogP contribution is 2.31. The molecule has 0 bridgehead atoms. The smallest absolute Gasteiger partial charge is 0.227 e. The third kappa shape index (κ3) is 3.83. The van der Waals surface area contributed by atoms with E-state index in [4.69, 9.17) is 0 Å². The molecule has 2 heterocycles. The molecule has 2 amide bonds. The van der Waals surface area contributed by atoms with Gasteiger partial charge in [-0.3, -0.25) is 9.59 Å². The molecule has 0 radical (unpaired) electrons. The van der Waals surface area contributed by atoms with Crippen molar-refractivity contribution in [2.75, 3.05) is 36.0 Å². The lowest BCUT2D eigenvalue weighted by molar-refractivity contribution is -0.121. The molecule has 24 heavy (non-hydrogen) atoms. The lowest BCUT2D eigenvalue weighted by Crippen LogP contribution is -2.37. The second-order valence-electron chi connectivity index (χ2n) is 6.24. The molecule has 2 aliphatic rings. The molecule has 2 saturated heterocycles. The minimum atomic E-state index is -0.357. The van der Waals surface area contributed by atoms with E-state index in [1.54, 1.807) is 6.07 Å². The van der Waals surface area contributed by atoms with Gasteiger partial charge < -0.3 is 15.5 Å². The first-order chi connectivity index (χ1) is 11.5. The van der Waals surface area contributed by atoms with Gasteiger partial charge in [-0.25, -0.2) is 4.39 Å². The second-order valence-corrected chi connectivity index (χ2v) is 7.47. The van der Waals surface area contributed by atoms with Crippen LogP contribution in [0, 0.1) is 5.82 Å². The Balaban J connectivity index is 1.69. The Morgan fingerprint density at radius 3 is 2.83 bits per heavy atom. The molecule has 2 fully saturated rings. The van der Waals surface area contributed by atoms with Crippen LogP contribution in [0.25, 0.3) is 0 Å². The second kappa shape index (κ2) is 7.42. The third-order valence-corrected chi connectivity index (χ3v) is 5.45. The summed E-state index contributed by atoms with van der Waals surface area (Å²) in [6.45, 7) is 3.55. The van der Waals surface area contributed by atoms with Crippen LogP contribution >= 0.6 is 11.8 Å². The van der Waals surface area contributed by atoms with Crippen LogP contribution in [0.5, 0.6) is 0 Å². The number of anilines is 1. The fraction of sp³-hybridized carbons (Fsp3) is 0.529. The van der Waals surface area contributed by atoms with Crippen LogP contribution in [0.4, 0.5) is 10.1 Å². The number of halogens is 1. The SMILES string of the molecule is CC(=O)NCC1C[C@@H](c2ccc(N3CCSCC3)c(F)c2)C(=O)N1. The molecule has 1 aromatic carbocycles. The van der Waals surface area contributed by atoms with Crippen LogP contribution < -0.4 is 15.5 Å². The molecule has 2 atom stereocenters. The maximum Gasteiger partial charge on any atom is 0.227 e. The highest BCUT2D eigenvalue weighted by atomic mass is 32.2. The van der Waals surface area contributed by atoms with Crippen LogP contribution in [-0.2, 0) is 9.59 Å². The van der Waals surface area contributed by atoms with Gasteiger partial charge in [-0.05, 0) is 24.1 Å². The molecule has 1 aromatic rings. The predicted octanol–water partition coefficient (Wildman–Crippen LogP) is 1.49. The first-order valence-electron chi connectivity index (χ1n) is 8.21. The molecule has 0 aromatic heterocycles. The monoisotopic (exact) mass is 351 g/mol. The molecule has 0 saturated carbocycles. The van der Waals surface area contributed by atoms with Gasteiger partial charge in [0.25, 0.3) is 0 Å². The van der Waals surface area contributed by atoms with Gasteiger partial charge in [0, 0.05) is 44.1 Å². The normalized spacial score (nSPS) is 23.9. The summed E-state index contributed by atoms with van der Waals surface area (Å²) in [6.07, 6.45) is 0.568. The van der Waals surface area contributed by atoms with Crippen molar-refractivity contribution in [3.63, 3.8) is 0 Å². The lowest BCUT2D eigenvalue weighted by atomic mass is 9.95. The van der Waals surface area contributed by atoms with E-state index >= 15 is 0 Å². The predicted molar refractivity (Wildman–Crippen MR) is 93.9 cm³/mol. The topological polar surface area (TPSA) is 61.4 Å². The number of nitrogens with zero attached hydrogens (tertiary/aromatic N) is 1. The fourth-order valence-corrected chi connectivity index (χ4v) is 4.14. The summed E-state index contributed by atoms with van der Waals surface area (Å²) in [7, 11) is 0. The van der Waals surface area contributed by atoms with Crippen LogP contribution in [-0.4, -0.2) is 49.0 Å². The van der Waals surface area contributed by atoms with Crippen molar-refractivity contribution in [1.29, 1.82) is 0 Å². The minimum Gasteiger partial charge on any atom is -0.368 e. The fourth-order valence-electron chi connectivity index (χ4n) is 3.24. The van der Waals surface area contributed by atoms with E-state index in [1.165, 1.54) is 13.0 Å². The van der Waals surface area contributed by atoms with Crippen molar-refractivity contribution < 1.29 is 14.0 Å². The minimum absolute atomic E-state index is 0.103. The van der Waals surface area contributed by atoms with Gasteiger partial charge in [-0.1, -0.05) is 6.07 Å². The number of amides is 2. The van der Waals surface area contributed by atoms with Crippen molar-refractivity contribution >= 4 is 29.3 Å². The summed E-state index contributed by atoms with van der Waals surface area (Å²) in [5.74, 6) is 1.17. The van der Waals surface area contributed by atoms with Crippen molar-refractivity contribution in [2.45, 2.75) is 25.3 Å². The van der Waals surface area contributed by atoms with Crippen molar-refractivity contribution in [2.24, 2.45) is 0 Å². The first-order valence-corrected chi connectivity index (χ1v) is 9.37. The molecule has 0 aliphatic carbocycles. The molecular weight excluding hydrogens is 329 g/mol. The van der Waals surface area contributed by atoms with Gasteiger partial charge in [0.05, 0.1) is 11.6 Å². The average Bonchev–Trinajstić information content (AvgIpc) is 2.94. The average molecular weight is 351 g/mol. The van der Waals surface area contributed by atoms with E-state index in [0.717, 1.165) is 24.6 Å². The Hall–Kier alpha value is -1.76. The zero-order valence-electron chi connectivity index (χ0n) is 13.7. The molecule has 5 nitrogen and oxygen atoms in total. The highest BCUT2D eigenvalue weighted by Gasteiger charge is 2.33. The molecular formula is C17H22FN3O2S. The number of carbonyl (C=O) groups excluding carboxylic acids is 2. The standard InChI is InChI=1S/C17H22FN3O2S/c1-11(22)19-10-13-9-14(17(23)20-13)12-2-3-16(15(18)8-12)21-4-6-24-7-5-21/h2-3,8,13-14H,4-7,9-10H2,1H3,(H,19,22)(H,20,23)/t13?,14-/m0/s1. The van der Waals surface area contributed by atoms with Crippen LogP contribution in [0.3, 0.4) is 0 Å². The van der Waals surface area contributed by atoms with Crippen molar-refractivity contribution in [3.8, 4) is 0 Å². The molecule has 2 aliphatic heterocycles. The molecule has 130 valence electrons. The number of thioether (sulfide) groups is 1. The van der Waals surface area contributed by atoms with Gasteiger partial charge in [-0.15, -0.1) is 0 Å². The van der Waals surface area contributed by atoms with Crippen LogP contribution in [0.1, 0.15) is 24.8 Å². The maximum absolute atomic E-state index is 14.5. The molecule has 7 heteroatoms. The Morgan fingerprint density at radius 2 is 2.17 bits per heavy atom. The Labute approximate surface area is 145 Å². The summed E-state index contributed by atoms with van der Waals surface area (Å²) in [5, 5.41) is 5.57. The number of rotatable bonds is 4. The largest absolute Gasteiger partial charge is 0.368 e. The summed E-state index contributed by atoms with van der Waals surface area (Å²) in [4.78, 5) is 25.2. The summed E-state index contributed by atoms with van der Waals surface area (Å²) in [6, 6.07) is 5.02. The summed E-state index contributed by atoms with van der Waals surface area (Å²) >= 11 is 1.88. The lowest BCUT2D eigenvalue weighted by Gasteiger charge is -2.29. The van der Waals surface area contributed by atoms with Gasteiger partial charge >= 0.3 is 0 Å². The van der Waals surface area contributed by atoms with E-state index < -0.39 is 0 Å². The zero-order chi connectivity index (χ0) is 17.1. The first kappa shape index (κ1) is 17.1. The van der Waals surface area contributed by atoms with Crippen LogP contribution in [0.15, 0.2) is 18.2 Å². The van der Waals surface area contributed by atoms with E-state index in [1.807, 2.05) is 17.8 Å². The Morgan fingerprint density at radius 1 is 1.42 bits per heavy atom. The zero-order valence-corrected chi connectivity index (χ0v) is 14.5. The Kier molecular flexibility index (Phi) is 5.28. The molecule has 3 rings (SSSR count). The number of nitrogens with one attached hydrogen (secondary N) is 2. The number of hydrogen-bond donors (Lipinski definition) is 2. The summed E-state index contributed by atoms with van der Waals surface area (Å²) in [5.41, 5.74) is 1.32. The van der Waals surface area contributed by atoms with Crippen molar-refractivity contribution in [3.05, 3.63) is 29.6 Å². The summed E-state index contributed by atoms with van der Waals surface area (Å²) < 4.78 is 14.5. The van der Waals surface area contributed by atoms with E-state index in [-0.39, 0.29) is 29.6 Å². The van der Waals surface area contributed by atoms with E-state index in [2.05, 4.69) is 15.5 Å². The van der Waals surface area contributed by atoms with Gasteiger partial charge in [-0.2, -0.15) is 11.8 Å². The number of carbonyl (C=O) groups is 2. The molecule has 1 unspecified atom stereocenters. The van der Waals surface area contributed by atoms with Crippen LogP contribution in [0.2, 0.25) is 0 Å². The van der Waals surface area contributed by atoms with Crippen molar-refractivity contribution in [1.82, 2.24) is 10.6 Å². The Bertz CT molecular complexity index is 634. The van der Waals surface area contributed by atoms with E-state index in [9.17, 15) is 14.0 Å². The van der Waals surface area contributed by atoms with Gasteiger partial charge in [0.15, 0.2) is 0 Å². The van der Waals surface area contributed by atoms with Gasteiger partial charge in [0.2, 0.25) is 11.8 Å².